The second-order valence-corrected chi connectivity index (χ2v) is 12.2. The molecule has 3 aromatic rings. The molecule has 0 bridgehead atoms. The molecule has 0 aliphatic rings. The predicted octanol–water partition coefficient (Wildman–Crippen LogP) is 8.20. The van der Waals surface area contributed by atoms with E-state index in [0.717, 1.165) is 46.5 Å². The van der Waals surface area contributed by atoms with Crippen molar-refractivity contribution in [3.63, 3.8) is 0 Å². The van der Waals surface area contributed by atoms with Crippen LogP contribution >= 0.6 is 56.6 Å². The lowest BCUT2D eigenvalue weighted by Gasteiger charge is -2.00. The van der Waals surface area contributed by atoms with Crippen LogP contribution in [0, 0.1) is 48.2 Å². The predicted molar refractivity (Wildman–Crippen MR) is 140 cm³/mol. The lowest BCUT2D eigenvalue weighted by atomic mass is 10.0. The van der Waals surface area contributed by atoms with E-state index in [0.29, 0.717) is 22.3 Å². The molecule has 0 saturated carbocycles. The van der Waals surface area contributed by atoms with Gasteiger partial charge in [-0.15, -0.1) is 34.0 Å². The first kappa shape index (κ1) is 24.4. The van der Waals surface area contributed by atoms with E-state index < -0.39 is 0 Å². The largest absolute Gasteiger partial charge is 0.192 e. The molecule has 0 aromatic carbocycles. The molecule has 0 aliphatic carbocycles. The van der Waals surface area contributed by atoms with E-state index in [-0.39, 0.29) is 0 Å². The Bertz CT molecular complexity index is 1280. The van der Waals surface area contributed by atoms with Crippen LogP contribution in [0.15, 0.2) is 12.1 Å². The molecule has 3 heterocycles. The first-order chi connectivity index (χ1) is 15.6. The fourth-order valence-electron chi connectivity index (χ4n) is 3.48. The van der Waals surface area contributed by atoms with Gasteiger partial charge in [0.1, 0.15) is 24.3 Å². The van der Waals surface area contributed by atoms with E-state index in [2.05, 4.69) is 53.8 Å². The van der Waals surface area contributed by atoms with Gasteiger partial charge in [0.2, 0.25) is 0 Å². The highest BCUT2D eigenvalue weighted by molar-refractivity contribution is 14.1. The number of hydrogen-bond acceptors (Lipinski definition) is 7. The summed E-state index contributed by atoms with van der Waals surface area (Å²) in [7, 11) is 0. The summed E-state index contributed by atoms with van der Waals surface area (Å²) < 4.78 is 0.799. The number of hydrogen-bond donors (Lipinski definition) is 0. The van der Waals surface area contributed by atoms with Gasteiger partial charge in [-0.2, -0.15) is 21.0 Å². The van der Waals surface area contributed by atoms with E-state index in [1.807, 2.05) is 12.1 Å². The second kappa shape index (κ2) is 11.6. The number of unbranched alkanes of at least 4 members (excludes halogenated alkanes) is 5. The van der Waals surface area contributed by atoms with Gasteiger partial charge in [-0.3, -0.25) is 0 Å². The molecular formula is C24H19IN4S3. The Balaban J connectivity index is 1.90. The topological polar surface area (TPSA) is 95.2 Å². The Morgan fingerprint density at radius 3 is 1.81 bits per heavy atom. The van der Waals surface area contributed by atoms with Gasteiger partial charge >= 0.3 is 0 Å². The standard InChI is InChI=1S/C24H19IN4S3/c1-2-3-4-5-6-7-8-19-15(11-26)16(12-27)22(31-19)20-9-10-21(30-20)23-17(13-28)18(14-29)24(25)32-23/h9-10H,2-8H2,1H3. The molecular weight excluding hydrogens is 567 g/mol. The third-order valence-corrected chi connectivity index (χ3v) is 9.98. The molecule has 0 fully saturated rings. The molecule has 3 aromatic heterocycles. The minimum absolute atomic E-state index is 0.406. The number of nitrogens with zero attached hydrogens (tertiary/aromatic N) is 4. The molecule has 160 valence electrons. The Labute approximate surface area is 214 Å². The van der Waals surface area contributed by atoms with Crippen molar-refractivity contribution in [2.45, 2.75) is 51.9 Å². The highest BCUT2D eigenvalue weighted by atomic mass is 127. The molecule has 0 atom stereocenters. The summed E-state index contributed by atoms with van der Waals surface area (Å²) in [6.07, 6.45) is 7.92. The number of aryl methyl sites for hydroxylation is 1. The zero-order valence-corrected chi connectivity index (χ0v) is 22.1. The molecule has 0 amide bonds. The molecule has 0 N–H and O–H groups in total. The average Bonchev–Trinajstić information content (AvgIpc) is 3.50. The number of thiophene rings is 3. The van der Waals surface area contributed by atoms with Crippen molar-refractivity contribution in [1.29, 1.82) is 21.0 Å². The zero-order chi connectivity index (χ0) is 23.1. The van der Waals surface area contributed by atoms with E-state index >= 15 is 0 Å². The quantitative estimate of drug-likeness (QED) is 0.187. The van der Waals surface area contributed by atoms with E-state index in [4.69, 9.17) is 0 Å². The maximum atomic E-state index is 9.78. The minimum atomic E-state index is 0.406. The smallest absolute Gasteiger partial charge is 0.103 e. The summed E-state index contributed by atoms with van der Waals surface area (Å²) in [5.74, 6) is 0. The minimum Gasteiger partial charge on any atom is -0.192 e. The molecule has 0 radical (unpaired) electrons. The Hall–Kier alpha value is -2.21. The van der Waals surface area contributed by atoms with Crippen molar-refractivity contribution >= 4 is 56.6 Å². The van der Waals surface area contributed by atoms with Crippen LogP contribution in [-0.2, 0) is 6.42 Å². The van der Waals surface area contributed by atoms with Crippen molar-refractivity contribution < 1.29 is 0 Å². The van der Waals surface area contributed by atoms with Crippen LogP contribution < -0.4 is 0 Å². The van der Waals surface area contributed by atoms with Crippen LogP contribution in [0.3, 0.4) is 0 Å². The number of rotatable bonds is 9. The molecule has 0 saturated heterocycles. The maximum Gasteiger partial charge on any atom is 0.103 e. The molecule has 4 nitrogen and oxygen atoms in total. The first-order valence-corrected chi connectivity index (χ1v) is 13.8. The van der Waals surface area contributed by atoms with Gasteiger partial charge in [0, 0.05) is 14.6 Å². The van der Waals surface area contributed by atoms with Crippen molar-refractivity contribution in [1.82, 2.24) is 0 Å². The van der Waals surface area contributed by atoms with Gasteiger partial charge in [0.25, 0.3) is 0 Å². The highest BCUT2D eigenvalue weighted by Gasteiger charge is 2.23. The molecule has 0 unspecified atom stereocenters. The summed E-state index contributed by atoms with van der Waals surface area (Å²) in [6.45, 7) is 2.20. The average molecular weight is 587 g/mol. The lowest BCUT2D eigenvalue weighted by molar-refractivity contribution is 0.609. The van der Waals surface area contributed by atoms with Gasteiger partial charge < -0.3 is 0 Å². The molecule has 3 rings (SSSR count). The molecule has 0 aliphatic heterocycles. The summed E-state index contributed by atoms with van der Waals surface area (Å²) >= 11 is 6.56. The molecule has 0 spiro atoms. The van der Waals surface area contributed by atoms with Gasteiger partial charge in [-0.1, -0.05) is 39.0 Å². The maximum absolute atomic E-state index is 9.78. The van der Waals surface area contributed by atoms with Crippen molar-refractivity contribution in [3.05, 3.63) is 42.1 Å². The Morgan fingerprint density at radius 1 is 0.688 bits per heavy atom. The van der Waals surface area contributed by atoms with Gasteiger partial charge in [-0.05, 0) is 47.6 Å². The van der Waals surface area contributed by atoms with Crippen LogP contribution in [0.2, 0.25) is 0 Å². The summed E-state index contributed by atoms with van der Waals surface area (Å²) in [4.78, 5) is 4.41. The summed E-state index contributed by atoms with van der Waals surface area (Å²) in [6, 6.07) is 12.7. The first-order valence-electron chi connectivity index (χ1n) is 10.3. The third-order valence-electron chi connectivity index (χ3n) is 5.10. The monoisotopic (exact) mass is 586 g/mol. The third kappa shape index (κ3) is 5.06. The molecule has 8 heteroatoms. The lowest BCUT2D eigenvalue weighted by Crippen LogP contribution is -1.87. The number of nitriles is 4. The Kier molecular flexibility index (Phi) is 8.85. The van der Waals surface area contributed by atoms with Crippen molar-refractivity contribution in [2.24, 2.45) is 0 Å². The SMILES string of the molecule is CCCCCCCCc1sc(-c2ccc(-c3sc(I)c(C#N)c3C#N)s2)c(C#N)c1C#N. The van der Waals surface area contributed by atoms with E-state index in [9.17, 15) is 21.0 Å². The summed E-state index contributed by atoms with van der Waals surface area (Å²) in [5, 5.41) is 38.4. The van der Waals surface area contributed by atoms with Gasteiger partial charge in [0.15, 0.2) is 0 Å². The van der Waals surface area contributed by atoms with Crippen LogP contribution in [-0.4, -0.2) is 0 Å². The normalized spacial score (nSPS) is 10.3. The molecule has 32 heavy (non-hydrogen) atoms. The zero-order valence-electron chi connectivity index (χ0n) is 17.5. The van der Waals surface area contributed by atoms with E-state index in [1.54, 1.807) is 0 Å². The fraction of sp³-hybridized carbons (Fsp3) is 0.333. The van der Waals surface area contributed by atoms with Crippen LogP contribution in [0.1, 0.15) is 72.6 Å². The van der Waals surface area contributed by atoms with Crippen LogP contribution in [0.25, 0.3) is 19.5 Å². The fourth-order valence-corrected chi connectivity index (χ4v) is 7.94. The van der Waals surface area contributed by atoms with E-state index in [1.165, 1.54) is 59.7 Å². The van der Waals surface area contributed by atoms with Gasteiger partial charge in [-0.25, -0.2) is 0 Å². The highest BCUT2D eigenvalue weighted by Crippen LogP contribution is 2.45. The summed E-state index contributed by atoms with van der Waals surface area (Å²) in [5.41, 5.74) is 1.78. The number of halogens is 1. The van der Waals surface area contributed by atoms with Crippen molar-refractivity contribution in [3.8, 4) is 43.8 Å². The van der Waals surface area contributed by atoms with Crippen LogP contribution in [0.4, 0.5) is 0 Å². The second-order valence-electron chi connectivity index (χ2n) is 7.19. The van der Waals surface area contributed by atoms with Crippen molar-refractivity contribution in [2.75, 3.05) is 0 Å². The van der Waals surface area contributed by atoms with Crippen LogP contribution in [0.5, 0.6) is 0 Å². The van der Waals surface area contributed by atoms with Gasteiger partial charge in [0.05, 0.1) is 34.9 Å². The Morgan fingerprint density at radius 2 is 1.22 bits per heavy atom.